The maximum atomic E-state index is 13.6. The van der Waals surface area contributed by atoms with Crippen molar-refractivity contribution >= 4 is 28.8 Å². The first-order valence-electron chi connectivity index (χ1n) is 5.09. The van der Waals surface area contributed by atoms with Crippen LogP contribution in [-0.2, 0) is 0 Å². The van der Waals surface area contributed by atoms with E-state index in [1.807, 2.05) is 0 Å². The molecule has 0 fully saturated rings. The Morgan fingerprint density at radius 1 is 1.32 bits per heavy atom. The molecule has 3 N–H and O–H groups in total. The van der Waals surface area contributed by atoms with Crippen molar-refractivity contribution in [3.63, 3.8) is 0 Å². The molecule has 1 heterocycles. The fourth-order valence-corrected chi connectivity index (χ4v) is 1.66. The number of aromatic nitrogens is 2. The summed E-state index contributed by atoms with van der Waals surface area (Å²) in [5.41, 5.74) is 5.68. The normalized spacial score (nSPS) is 10.3. The molecule has 1 aromatic carbocycles. The molecule has 0 radical (unpaired) electrons. The molecular weight excluding hydrogens is 278 g/mol. The Morgan fingerprint density at radius 3 is 2.68 bits per heavy atom. The number of methoxy groups -OCH3 is 1. The summed E-state index contributed by atoms with van der Waals surface area (Å²) >= 11 is 5.75. The van der Waals surface area contributed by atoms with Crippen molar-refractivity contribution in [1.82, 2.24) is 9.97 Å². The first-order chi connectivity index (χ1) is 9.02. The first kappa shape index (κ1) is 13.3. The number of nitrogens with one attached hydrogen (secondary N) is 1. The van der Waals surface area contributed by atoms with Crippen molar-refractivity contribution in [1.29, 1.82) is 0 Å². The lowest BCUT2D eigenvalue weighted by molar-refractivity contribution is 0.399. The van der Waals surface area contributed by atoms with Gasteiger partial charge in [0.25, 0.3) is 0 Å². The number of rotatable bonds is 3. The molecule has 8 heteroatoms. The molecule has 0 saturated heterocycles. The molecule has 0 saturated carbocycles. The van der Waals surface area contributed by atoms with Crippen LogP contribution >= 0.6 is 11.6 Å². The first-order valence-corrected chi connectivity index (χ1v) is 5.46. The number of nitrogens with two attached hydrogens (primary N) is 1. The number of hydrogen-bond donors (Lipinski definition) is 2. The highest BCUT2D eigenvalue weighted by molar-refractivity contribution is 6.33. The molecule has 0 bridgehead atoms. The minimum absolute atomic E-state index is 0.0878. The van der Waals surface area contributed by atoms with Gasteiger partial charge in [0.05, 0.1) is 17.8 Å². The second kappa shape index (κ2) is 5.23. The third-order valence-electron chi connectivity index (χ3n) is 2.29. The highest BCUT2D eigenvalue weighted by Gasteiger charge is 2.14. The standard InChI is InChI=1S/C11H9ClF2N4O/c1-19-11-8(15)10(16-4-17-11)18-9-6(12)2-5(13)3-7(9)14/h2-4H,15H2,1H3,(H,16,17,18). The molecule has 0 spiro atoms. The zero-order chi connectivity index (χ0) is 14.0. The van der Waals surface area contributed by atoms with Crippen LogP contribution in [0.3, 0.4) is 0 Å². The van der Waals surface area contributed by atoms with Crippen molar-refractivity contribution in [2.24, 2.45) is 0 Å². The quantitative estimate of drug-likeness (QED) is 0.907. The Bertz CT molecular complexity index is 601. The van der Waals surface area contributed by atoms with Gasteiger partial charge in [-0.2, -0.15) is 4.98 Å². The summed E-state index contributed by atoms with van der Waals surface area (Å²) < 4.78 is 31.4. The number of nitrogens with zero attached hydrogens (tertiary/aromatic N) is 2. The number of ether oxygens (including phenoxy) is 1. The van der Waals surface area contributed by atoms with E-state index in [2.05, 4.69) is 15.3 Å². The summed E-state index contributed by atoms with van der Waals surface area (Å²) in [5.74, 6) is -1.39. The third kappa shape index (κ3) is 2.65. The van der Waals surface area contributed by atoms with Crippen LogP contribution in [0.1, 0.15) is 0 Å². The van der Waals surface area contributed by atoms with Gasteiger partial charge >= 0.3 is 0 Å². The van der Waals surface area contributed by atoms with Crippen molar-refractivity contribution in [3.05, 3.63) is 35.1 Å². The van der Waals surface area contributed by atoms with E-state index in [9.17, 15) is 8.78 Å². The van der Waals surface area contributed by atoms with E-state index in [0.29, 0.717) is 6.07 Å². The molecular formula is C11H9ClF2N4O. The van der Waals surface area contributed by atoms with Crippen LogP contribution < -0.4 is 15.8 Å². The lowest BCUT2D eigenvalue weighted by Crippen LogP contribution is -2.04. The minimum Gasteiger partial charge on any atom is -0.479 e. The number of anilines is 3. The number of hydrogen-bond acceptors (Lipinski definition) is 5. The van der Waals surface area contributed by atoms with Crippen LogP contribution in [0.4, 0.5) is 26.0 Å². The largest absolute Gasteiger partial charge is 0.479 e. The SMILES string of the molecule is COc1ncnc(Nc2c(F)cc(F)cc2Cl)c1N. The average molecular weight is 287 g/mol. The van der Waals surface area contributed by atoms with Crippen LogP contribution in [0.15, 0.2) is 18.5 Å². The van der Waals surface area contributed by atoms with Gasteiger partial charge in [0.15, 0.2) is 11.6 Å². The van der Waals surface area contributed by atoms with Gasteiger partial charge in [0.2, 0.25) is 5.88 Å². The second-order valence-corrected chi connectivity index (χ2v) is 3.92. The van der Waals surface area contributed by atoms with E-state index in [0.717, 1.165) is 6.07 Å². The van der Waals surface area contributed by atoms with Crippen molar-refractivity contribution in [3.8, 4) is 5.88 Å². The van der Waals surface area contributed by atoms with Gasteiger partial charge in [-0.1, -0.05) is 11.6 Å². The van der Waals surface area contributed by atoms with E-state index < -0.39 is 11.6 Å². The number of halogens is 3. The molecule has 1 aromatic heterocycles. The van der Waals surface area contributed by atoms with Crippen molar-refractivity contribution < 1.29 is 13.5 Å². The molecule has 5 nitrogen and oxygen atoms in total. The highest BCUT2D eigenvalue weighted by Crippen LogP contribution is 2.32. The van der Waals surface area contributed by atoms with Crippen LogP contribution in [0.25, 0.3) is 0 Å². The van der Waals surface area contributed by atoms with E-state index >= 15 is 0 Å². The smallest absolute Gasteiger partial charge is 0.242 e. The molecule has 0 unspecified atom stereocenters. The zero-order valence-corrected chi connectivity index (χ0v) is 10.5. The summed E-state index contributed by atoms with van der Waals surface area (Å²) in [7, 11) is 1.38. The zero-order valence-electron chi connectivity index (χ0n) is 9.75. The van der Waals surface area contributed by atoms with E-state index in [1.54, 1.807) is 0 Å². The maximum absolute atomic E-state index is 13.6. The topological polar surface area (TPSA) is 73.1 Å². The van der Waals surface area contributed by atoms with Gasteiger partial charge in [-0.15, -0.1) is 0 Å². The molecule has 0 atom stereocenters. The Labute approximate surface area is 112 Å². The lowest BCUT2D eigenvalue weighted by atomic mass is 10.3. The molecule has 0 amide bonds. The Kier molecular flexibility index (Phi) is 3.66. The number of benzene rings is 1. The molecule has 0 aliphatic carbocycles. The average Bonchev–Trinajstić information content (AvgIpc) is 2.35. The fraction of sp³-hybridized carbons (Fsp3) is 0.0909. The van der Waals surface area contributed by atoms with Crippen molar-refractivity contribution in [2.45, 2.75) is 0 Å². The predicted octanol–water partition coefficient (Wildman–Crippen LogP) is 2.74. The molecule has 100 valence electrons. The van der Waals surface area contributed by atoms with Gasteiger partial charge in [0, 0.05) is 6.07 Å². The highest BCUT2D eigenvalue weighted by atomic mass is 35.5. The summed E-state index contributed by atoms with van der Waals surface area (Å²) in [6, 6.07) is 1.67. The summed E-state index contributed by atoms with van der Waals surface area (Å²) in [6.07, 6.45) is 1.19. The molecule has 2 aromatic rings. The predicted molar refractivity (Wildman–Crippen MR) is 67.6 cm³/mol. The van der Waals surface area contributed by atoms with Crippen LogP contribution in [0.2, 0.25) is 5.02 Å². The Balaban J connectivity index is 2.42. The fourth-order valence-electron chi connectivity index (χ4n) is 1.42. The van der Waals surface area contributed by atoms with E-state index in [-0.39, 0.29) is 28.1 Å². The van der Waals surface area contributed by atoms with Crippen LogP contribution in [0, 0.1) is 11.6 Å². The van der Waals surface area contributed by atoms with E-state index in [4.69, 9.17) is 22.1 Å². The third-order valence-corrected chi connectivity index (χ3v) is 2.59. The van der Waals surface area contributed by atoms with Gasteiger partial charge in [0.1, 0.15) is 17.8 Å². The van der Waals surface area contributed by atoms with E-state index in [1.165, 1.54) is 13.4 Å². The number of nitrogen functional groups attached to an aromatic ring is 1. The van der Waals surface area contributed by atoms with Gasteiger partial charge < -0.3 is 15.8 Å². The molecule has 0 aliphatic heterocycles. The van der Waals surface area contributed by atoms with Gasteiger partial charge in [-0.05, 0) is 6.07 Å². The molecule has 0 aliphatic rings. The van der Waals surface area contributed by atoms with Gasteiger partial charge in [-0.25, -0.2) is 13.8 Å². The Morgan fingerprint density at radius 2 is 2.05 bits per heavy atom. The molecule has 2 rings (SSSR count). The molecule has 19 heavy (non-hydrogen) atoms. The maximum Gasteiger partial charge on any atom is 0.242 e. The minimum atomic E-state index is -0.859. The van der Waals surface area contributed by atoms with Crippen LogP contribution in [-0.4, -0.2) is 17.1 Å². The monoisotopic (exact) mass is 286 g/mol. The van der Waals surface area contributed by atoms with Crippen LogP contribution in [0.5, 0.6) is 5.88 Å². The van der Waals surface area contributed by atoms with Gasteiger partial charge in [-0.3, -0.25) is 0 Å². The van der Waals surface area contributed by atoms with Crippen molar-refractivity contribution in [2.75, 3.05) is 18.2 Å². The summed E-state index contributed by atoms with van der Waals surface area (Å²) in [4.78, 5) is 7.61. The lowest BCUT2D eigenvalue weighted by Gasteiger charge is -2.12. The second-order valence-electron chi connectivity index (χ2n) is 3.51. The summed E-state index contributed by atoms with van der Waals surface area (Å²) in [5, 5.41) is 2.45. The Hall–Kier alpha value is -2.15. The summed E-state index contributed by atoms with van der Waals surface area (Å²) in [6.45, 7) is 0.